The van der Waals surface area contributed by atoms with Crippen molar-refractivity contribution in [2.75, 3.05) is 20.2 Å². The zero-order chi connectivity index (χ0) is 14.5. The Labute approximate surface area is 127 Å². The minimum Gasteiger partial charge on any atom is -0.496 e. The lowest BCUT2D eigenvalue weighted by molar-refractivity contribution is 0.119. The molecule has 1 aliphatic rings. The van der Waals surface area contributed by atoms with Crippen LogP contribution in [0, 0.1) is 0 Å². The Balaban J connectivity index is 2.14. The van der Waals surface area contributed by atoms with Crippen LogP contribution in [-0.4, -0.2) is 37.2 Å². The van der Waals surface area contributed by atoms with Gasteiger partial charge in [-0.2, -0.15) is 0 Å². The highest BCUT2D eigenvalue weighted by Gasteiger charge is 2.25. The van der Waals surface area contributed by atoms with Gasteiger partial charge in [0.05, 0.1) is 7.11 Å². The van der Waals surface area contributed by atoms with Gasteiger partial charge in [-0.15, -0.1) is 0 Å². The van der Waals surface area contributed by atoms with E-state index >= 15 is 0 Å². The van der Waals surface area contributed by atoms with Gasteiger partial charge in [-0.05, 0) is 31.5 Å². The molecule has 0 bridgehead atoms. The standard InChI is InChI=1S/C16H25ClN2O/c1-4-5-15-9-18-12(2)10-19(15)11-13-8-14(17)6-7-16(13)20-3/h6-8,12,15,18H,4-5,9-11H2,1-3H3. The van der Waals surface area contributed by atoms with Crippen LogP contribution in [0.15, 0.2) is 18.2 Å². The average molecular weight is 297 g/mol. The van der Waals surface area contributed by atoms with Crippen LogP contribution in [0.2, 0.25) is 5.02 Å². The maximum Gasteiger partial charge on any atom is 0.123 e. The van der Waals surface area contributed by atoms with Gasteiger partial charge in [0.15, 0.2) is 0 Å². The Morgan fingerprint density at radius 3 is 2.95 bits per heavy atom. The number of ether oxygens (including phenoxy) is 1. The molecule has 2 atom stereocenters. The highest BCUT2D eigenvalue weighted by Crippen LogP contribution is 2.26. The summed E-state index contributed by atoms with van der Waals surface area (Å²) < 4.78 is 5.46. The summed E-state index contributed by atoms with van der Waals surface area (Å²) in [6.45, 7) is 7.53. The molecule has 1 N–H and O–H groups in total. The quantitative estimate of drug-likeness (QED) is 0.902. The largest absolute Gasteiger partial charge is 0.496 e. The molecule has 2 rings (SSSR count). The van der Waals surface area contributed by atoms with Crippen LogP contribution in [0.25, 0.3) is 0 Å². The Morgan fingerprint density at radius 2 is 2.25 bits per heavy atom. The summed E-state index contributed by atoms with van der Waals surface area (Å²) >= 11 is 6.13. The van der Waals surface area contributed by atoms with Gasteiger partial charge in [-0.25, -0.2) is 0 Å². The number of methoxy groups -OCH3 is 1. The number of piperazine rings is 1. The van der Waals surface area contributed by atoms with Crippen LogP contribution in [0.1, 0.15) is 32.3 Å². The van der Waals surface area contributed by atoms with Crippen LogP contribution >= 0.6 is 11.6 Å². The molecule has 1 aromatic carbocycles. The molecule has 0 saturated carbocycles. The Bertz CT molecular complexity index is 438. The molecule has 0 aliphatic carbocycles. The van der Waals surface area contributed by atoms with Crippen molar-refractivity contribution in [3.8, 4) is 5.75 Å². The van der Waals surface area contributed by atoms with Crippen LogP contribution in [0.5, 0.6) is 5.75 Å². The summed E-state index contributed by atoms with van der Waals surface area (Å²) in [4.78, 5) is 2.55. The summed E-state index contributed by atoms with van der Waals surface area (Å²) in [6.07, 6.45) is 2.44. The van der Waals surface area contributed by atoms with E-state index in [2.05, 4.69) is 24.1 Å². The summed E-state index contributed by atoms with van der Waals surface area (Å²) in [6, 6.07) is 7.00. The van der Waals surface area contributed by atoms with Crippen molar-refractivity contribution in [3.05, 3.63) is 28.8 Å². The van der Waals surface area contributed by atoms with E-state index < -0.39 is 0 Å². The molecule has 112 valence electrons. The van der Waals surface area contributed by atoms with E-state index in [0.717, 1.165) is 30.4 Å². The second-order valence-corrected chi connectivity index (χ2v) is 6.07. The van der Waals surface area contributed by atoms with Crippen molar-refractivity contribution >= 4 is 11.6 Å². The SMILES string of the molecule is CCCC1CNC(C)CN1Cc1cc(Cl)ccc1OC. The fraction of sp³-hybridized carbons (Fsp3) is 0.625. The molecule has 3 nitrogen and oxygen atoms in total. The van der Waals surface area contributed by atoms with Crippen molar-refractivity contribution in [1.82, 2.24) is 10.2 Å². The minimum atomic E-state index is 0.535. The van der Waals surface area contributed by atoms with Crippen LogP contribution in [0.3, 0.4) is 0 Å². The third kappa shape index (κ3) is 3.87. The second-order valence-electron chi connectivity index (χ2n) is 5.64. The van der Waals surface area contributed by atoms with Gasteiger partial charge in [0.25, 0.3) is 0 Å². The fourth-order valence-electron chi connectivity index (χ4n) is 2.93. The summed E-state index contributed by atoms with van der Waals surface area (Å²) in [5, 5.41) is 4.35. The molecule has 2 unspecified atom stereocenters. The summed E-state index contributed by atoms with van der Waals surface area (Å²) in [5.74, 6) is 0.927. The summed E-state index contributed by atoms with van der Waals surface area (Å²) in [7, 11) is 1.72. The lowest BCUT2D eigenvalue weighted by Gasteiger charge is -2.39. The zero-order valence-electron chi connectivity index (χ0n) is 12.7. The first-order chi connectivity index (χ1) is 9.63. The van der Waals surface area contributed by atoms with E-state index in [9.17, 15) is 0 Å². The first kappa shape index (κ1) is 15.6. The predicted octanol–water partition coefficient (Wildman–Crippen LogP) is 3.31. The lowest BCUT2D eigenvalue weighted by atomic mass is 10.0. The molecule has 0 aromatic heterocycles. The van der Waals surface area contributed by atoms with E-state index in [0.29, 0.717) is 12.1 Å². The van der Waals surface area contributed by atoms with Gasteiger partial charge < -0.3 is 10.1 Å². The molecule has 1 heterocycles. The van der Waals surface area contributed by atoms with Gasteiger partial charge in [-0.3, -0.25) is 4.90 Å². The predicted molar refractivity (Wildman–Crippen MR) is 84.6 cm³/mol. The number of halogens is 1. The van der Waals surface area contributed by atoms with E-state index in [1.165, 1.54) is 18.4 Å². The van der Waals surface area contributed by atoms with Crippen molar-refractivity contribution in [2.24, 2.45) is 0 Å². The lowest BCUT2D eigenvalue weighted by Crippen LogP contribution is -2.54. The van der Waals surface area contributed by atoms with Crippen molar-refractivity contribution in [2.45, 2.75) is 45.3 Å². The molecule has 1 saturated heterocycles. The Morgan fingerprint density at radius 1 is 1.45 bits per heavy atom. The molecule has 1 aromatic rings. The number of benzene rings is 1. The summed E-state index contributed by atoms with van der Waals surface area (Å²) in [5.41, 5.74) is 1.18. The molecule has 4 heteroatoms. The van der Waals surface area contributed by atoms with E-state index in [1.807, 2.05) is 18.2 Å². The number of nitrogens with zero attached hydrogens (tertiary/aromatic N) is 1. The molecule has 0 radical (unpaired) electrons. The topological polar surface area (TPSA) is 24.5 Å². The van der Waals surface area contributed by atoms with E-state index in [1.54, 1.807) is 7.11 Å². The fourth-order valence-corrected chi connectivity index (χ4v) is 3.13. The molecule has 0 spiro atoms. The van der Waals surface area contributed by atoms with Gasteiger partial charge in [0.1, 0.15) is 5.75 Å². The molecular weight excluding hydrogens is 272 g/mol. The normalized spacial score (nSPS) is 23.8. The van der Waals surface area contributed by atoms with Crippen molar-refractivity contribution in [1.29, 1.82) is 0 Å². The highest BCUT2D eigenvalue weighted by atomic mass is 35.5. The third-order valence-corrected chi connectivity index (χ3v) is 4.20. The van der Waals surface area contributed by atoms with Gasteiger partial charge in [-0.1, -0.05) is 24.9 Å². The first-order valence-corrected chi connectivity index (χ1v) is 7.81. The van der Waals surface area contributed by atoms with Crippen LogP contribution in [-0.2, 0) is 6.54 Å². The van der Waals surface area contributed by atoms with Crippen LogP contribution in [0.4, 0.5) is 0 Å². The molecule has 0 amide bonds. The number of nitrogens with one attached hydrogen (secondary N) is 1. The van der Waals surface area contributed by atoms with Gasteiger partial charge in [0, 0.05) is 42.3 Å². The van der Waals surface area contributed by atoms with Crippen LogP contribution < -0.4 is 10.1 Å². The number of hydrogen-bond donors (Lipinski definition) is 1. The molecule has 1 fully saturated rings. The number of hydrogen-bond acceptors (Lipinski definition) is 3. The molecular formula is C16H25ClN2O. The van der Waals surface area contributed by atoms with Crippen molar-refractivity contribution in [3.63, 3.8) is 0 Å². The van der Waals surface area contributed by atoms with Crippen molar-refractivity contribution < 1.29 is 4.74 Å². The molecule has 1 aliphatic heterocycles. The van der Waals surface area contributed by atoms with Gasteiger partial charge in [0.2, 0.25) is 0 Å². The van der Waals surface area contributed by atoms with E-state index in [4.69, 9.17) is 16.3 Å². The maximum atomic E-state index is 6.13. The average Bonchev–Trinajstić information content (AvgIpc) is 2.42. The Hall–Kier alpha value is -0.770. The molecule has 20 heavy (non-hydrogen) atoms. The van der Waals surface area contributed by atoms with Gasteiger partial charge >= 0.3 is 0 Å². The number of rotatable bonds is 5. The highest BCUT2D eigenvalue weighted by molar-refractivity contribution is 6.30. The monoisotopic (exact) mass is 296 g/mol. The Kier molecular flexibility index (Phi) is 5.70. The maximum absolute atomic E-state index is 6.13. The minimum absolute atomic E-state index is 0.535. The smallest absolute Gasteiger partial charge is 0.123 e. The zero-order valence-corrected chi connectivity index (χ0v) is 13.4. The van der Waals surface area contributed by atoms with E-state index in [-0.39, 0.29) is 0 Å². The first-order valence-electron chi connectivity index (χ1n) is 7.44. The second kappa shape index (κ2) is 7.30. The third-order valence-electron chi connectivity index (χ3n) is 3.96.